The molecule has 2 aromatic rings. The molecular formula is C11H8ClFN2O2S. The summed E-state index contributed by atoms with van der Waals surface area (Å²) in [7, 11) is 0. The zero-order chi connectivity index (χ0) is 13.1. The lowest BCUT2D eigenvalue weighted by molar-refractivity contribution is -0.138. The van der Waals surface area contributed by atoms with Gasteiger partial charge >= 0.3 is 5.97 Å². The van der Waals surface area contributed by atoms with Crippen molar-refractivity contribution in [3.05, 3.63) is 45.6 Å². The fourth-order valence-electron chi connectivity index (χ4n) is 1.36. The minimum absolute atomic E-state index is 0.108. The molecule has 0 aliphatic rings. The molecule has 18 heavy (non-hydrogen) atoms. The maximum atomic E-state index is 13.4. The lowest BCUT2D eigenvalue weighted by atomic mass is 10.2. The summed E-state index contributed by atoms with van der Waals surface area (Å²) >= 11 is 6.74. The highest BCUT2D eigenvalue weighted by Crippen LogP contribution is 2.27. The summed E-state index contributed by atoms with van der Waals surface area (Å²) in [6.45, 7) is 0. The normalized spacial score (nSPS) is 12.1. The fourth-order valence-corrected chi connectivity index (χ4v) is 2.34. The Balaban J connectivity index is 2.28. The Hall–Kier alpha value is -1.66. The van der Waals surface area contributed by atoms with E-state index in [0.717, 1.165) is 11.3 Å². The molecule has 2 N–H and O–H groups in total. The van der Waals surface area contributed by atoms with Crippen molar-refractivity contribution >= 4 is 34.6 Å². The van der Waals surface area contributed by atoms with E-state index in [9.17, 15) is 9.18 Å². The van der Waals surface area contributed by atoms with Gasteiger partial charge < -0.3 is 10.4 Å². The van der Waals surface area contributed by atoms with E-state index in [1.165, 1.54) is 24.4 Å². The van der Waals surface area contributed by atoms with E-state index in [-0.39, 0.29) is 10.7 Å². The van der Waals surface area contributed by atoms with Crippen molar-refractivity contribution in [1.82, 2.24) is 4.98 Å². The summed E-state index contributed by atoms with van der Waals surface area (Å²) in [5, 5.41) is 12.0. The molecule has 0 bridgehead atoms. The first-order valence-corrected chi connectivity index (χ1v) is 6.12. The molecule has 94 valence electrons. The number of nitrogens with one attached hydrogen (secondary N) is 1. The molecule has 0 radical (unpaired) electrons. The summed E-state index contributed by atoms with van der Waals surface area (Å²) < 4.78 is 13.8. The number of para-hydroxylation sites is 1. The lowest BCUT2D eigenvalue weighted by Gasteiger charge is -2.13. The molecule has 0 fully saturated rings. The number of thiazole rings is 1. The second kappa shape index (κ2) is 5.32. The summed E-state index contributed by atoms with van der Waals surface area (Å²) in [6, 6.07) is 4.71. The second-order valence-electron chi connectivity index (χ2n) is 3.40. The van der Waals surface area contributed by atoms with Crippen molar-refractivity contribution < 1.29 is 14.3 Å². The average Bonchev–Trinajstić information content (AvgIpc) is 2.74. The molecule has 0 spiro atoms. The summed E-state index contributed by atoms with van der Waals surface area (Å²) in [5.74, 6) is -1.67. The smallest absolute Gasteiger partial charge is 0.333 e. The van der Waals surface area contributed by atoms with Crippen LogP contribution in [0.4, 0.5) is 10.1 Å². The number of hydrogen-bond acceptors (Lipinski definition) is 4. The molecule has 0 aliphatic carbocycles. The van der Waals surface area contributed by atoms with Gasteiger partial charge in [-0.15, -0.1) is 11.3 Å². The van der Waals surface area contributed by atoms with Crippen LogP contribution in [0.2, 0.25) is 4.34 Å². The predicted molar refractivity (Wildman–Crippen MR) is 67.5 cm³/mol. The van der Waals surface area contributed by atoms with Gasteiger partial charge in [0.1, 0.15) is 15.2 Å². The maximum Gasteiger partial charge on any atom is 0.333 e. The van der Waals surface area contributed by atoms with Gasteiger partial charge in [-0.2, -0.15) is 0 Å². The maximum absolute atomic E-state index is 13.4. The van der Waals surface area contributed by atoms with Crippen molar-refractivity contribution in [2.24, 2.45) is 0 Å². The number of carboxylic acid groups (broad SMARTS) is 1. The molecule has 0 saturated carbocycles. The SMILES string of the molecule is O=C(O)C(Nc1ccccc1F)c1ncc(Cl)s1. The molecule has 2 rings (SSSR count). The molecule has 0 aliphatic heterocycles. The molecule has 1 aromatic carbocycles. The first kappa shape index (κ1) is 12.8. The van der Waals surface area contributed by atoms with Crippen LogP contribution in [0.1, 0.15) is 11.0 Å². The molecule has 7 heteroatoms. The number of benzene rings is 1. The molecule has 1 unspecified atom stereocenters. The van der Waals surface area contributed by atoms with E-state index in [0.29, 0.717) is 4.34 Å². The number of carbonyl (C=O) groups is 1. The van der Waals surface area contributed by atoms with Crippen molar-refractivity contribution in [3.63, 3.8) is 0 Å². The third-order valence-corrected chi connectivity index (χ3v) is 3.34. The highest BCUT2D eigenvalue weighted by molar-refractivity contribution is 7.16. The number of carboxylic acids is 1. The van der Waals surface area contributed by atoms with Crippen LogP contribution in [0, 0.1) is 5.82 Å². The lowest BCUT2D eigenvalue weighted by Crippen LogP contribution is -2.20. The van der Waals surface area contributed by atoms with E-state index >= 15 is 0 Å². The predicted octanol–water partition coefficient (Wildman–Crippen LogP) is 3.17. The number of anilines is 1. The summed E-state index contributed by atoms with van der Waals surface area (Å²) in [4.78, 5) is 15.0. The van der Waals surface area contributed by atoms with E-state index in [1.54, 1.807) is 6.07 Å². The molecule has 1 atom stereocenters. The van der Waals surface area contributed by atoms with Gasteiger partial charge in [-0.3, -0.25) is 0 Å². The number of halogens is 2. The van der Waals surface area contributed by atoms with Crippen molar-refractivity contribution in [2.45, 2.75) is 6.04 Å². The van der Waals surface area contributed by atoms with E-state index in [1.807, 2.05) is 0 Å². The van der Waals surface area contributed by atoms with Gasteiger partial charge in [-0.05, 0) is 12.1 Å². The number of hydrogen-bond donors (Lipinski definition) is 2. The van der Waals surface area contributed by atoms with Gasteiger partial charge in [-0.1, -0.05) is 23.7 Å². The Morgan fingerprint density at radius 3 is 2.78 bits per heavy atom. The first-order chi connectivity index (χ1) is 8.58. The van der Waals surface area contributed by atoms with Crippen LogP contribution in [0.15, 0.2) is 30.5 Å². The standard InChI is InChI=1S/C11H8ClFN2O2S/c12-8-5-14-10(18-8)9(11(16)17)15-7-4-2-1-3-6(7)13/h1-5,9,15H,(H,16,17). The molecule has 0 amide bonds. The fraction of sp³-hybridized carbons (Fsp3) is 0.0909. The number of aromatic nitrogens is 1. The van der Waals surface area contributed by atoms with E-state index in [4.69, 9.17) is 16.7 Å². The van der Waals surface area contributed by atoms with Crippen LogP contribution in [0.5, 0.6) is 0 Å². The minimum atomic E-state index is -1.15. The first-order valence-electron chi connectivity index (χ1n) is 4.93. The van der Waals surface area contributed by atoms with Gasteiger partial charge in [0.15, 0.2) is 6.04 Å². The van der Waals surface area contributed by atoms with Crippen LogP contribution in [-0.2, 0) is 4.79 Å². The molecule has 1 aromatic heterocycles. The van der Waals surface area contributed by atoms with Crippen molar-refractivity contribution in [1.29, 1.82) is 0 Å². The topological polar surface area (TPSA) is 62.2 Å². The van der Waals surface area contributed by atoms with Gasteiger partial charge in [0, 0.05) is 0 Å². The number of aliphatic carboxylic acids is 1. The highest BCUT2D eigenvalue weighted by Gasteiger charge is 2.24. The van der Waals surface area contributed by atoms with Crippen molar-refractivity contribution in [2.75, 3.05) is 5.32 Å². The minimum Gasteiger partial charge on any atom is -0.479 e. The Kier molecular flexibility index (Phi) is 3.78. The Labute approximate surface area is 111 Å². The third-order valence-electron chi connectivity index (χ3n) is 2.16. The van der Waals surface area contributed by atoms with Gasteiger partial charge in [0.2, 0.25) is 0 Å². The largest absolute Gasteiger partial charge is 0.479 e. The highest BCUT2D eigenvalue weighted by atomic mass is 35.5. The van der Waals surface area contributed by atoms with Gasteiger partial charge in [0.25, 0.3) is 0 Å². The summed E-state index contributed by atoms with van der Waals surface area (Å²) in [6.07, 6.45) is 1.36. The van der Waals surface area contributed by atoms with Crippen molar-refractivity contribution in [3.8, 4) is 0 Å². The van der Waals surface area contributed by atoms with Gasteiger partial charge in [-0.25, -0.2) is 14.2 Å². The Morgan fingerprint density at radius 1 is 1.50 bits per heavy atom. The van der Waals surface area contributed by atoms with Crippen LogP contribution in [0.25, 0.3) is 0 Å². The molecule has 4 nitrogen and oxygen atoms in total. The number of nitrogens with zero attached hydrogens (tertiary/aromatic N) is 1. The van der Waals surface area contributed by atoms with Crippen LogP contribution >= 0.6 is 22.9 Å². The zero-order valence-electron chi connectivity index (χ0n) is 8.93. The van der Waals surface area contributed by atoms with Crippen LogP contribution in [-0.4, -0.2) is 16.1 Å². The zero-order valence-corrected chi connectivity index (χ0v) is 10.5. The third kappa shape index (κ3) is 2.77. The average molecular weight is 287 g/mol. The van der Waals surface area contributed by atoms with Gasteiger partial charge in [0.05, 0.1) is 11.9 Å². The van der Waals surface area contributed by atoms with E-state index in [2.05, 4.69) is 10.3 Å². The molecular weight excluding hydrogens is 279 g/mol. The summed E-state index contributed by atoms with van der Waals surface area (Å²) in [5.41, 5.74) is 0.108. The monoisotopic (exact) mass is 286 g/mol. The van der Waals surface area contributed by atoms with Crippen LogP contribution in [0.3, 0.4) is 0 Å². The number of rotatable bonds is 4. The quantitative estimate of drug-likeness (QED) is 0.906. The second-order valence-corrected chi connectivity index (χ2v) is 5.09. The molecule has 0 saturated heterocycles. The van der Waals surface area contributed by atoms with E-state index < -0.39 is 17.8 Å². The Morgan fingerprint density at radius 2 is 2.22 bits per heavy atom. The van der Waals surface area contributed by atoms with Crippen LogP contribution < -0.4 is 5.32 Å². The molecule has 1 heterocycles. The Bertz CT molecular complexity index is 576.